The summed E-state index contributed by atoms with van der Waals surface area (Å²) in [6, 6.07) is 10.0. The molecule has 0 amide bonds. The molecule has 162 valence electrons. The van der Waals surface area contributed by atoms with Crippen molar-refractivity contribution in [1.29, 1.82) is 0 Å². The average molecular weight is 437 g/mol. The number of anilines is 3. The SMILES string of the molecule is CC(=O)Cc1ccc(Sc2nc(Nc3cc(C)[nH]n3)c(C)c(N3CCCCC3)n2)cc1. The number of benzene rings is 1. The first-order valence-corrected chi connectivity index (χ1v) is 11.5. The van der Waals surface area contributed by atoms with Crippen LogP contribution in [0.3, 0.4) is 0 Å². The third kappa shape index (κ3) is 5.44. The van der Waals surface area contributed by atoms with Crippen molar-refractivity contribution < 1.29 is 4.79 Å². The lowest BCUT2D eigenvalue weighted by molar-refractivity contribution is -0.116. The highest BCUT2D eigenvalue weighted by atomic mass is 32.2. The summed E-state index contributed by atoms with van der Waals surface area (Å²) in [7, 11) is 0. The summed E-state index contributed by atoms with van der Waals surface area (Å²) >= 11 is 1.53. The third-order valence-electron chi connectivity index (χ3n) is 5.29. The molecule has 0 bridgehead atoms. The lowest BCUT2D eigenvalue weighted by Crippen LogP contribution is -2.31. The highest BCUT2D eigenvalue weighted by Crippen LogP contribution is 2.33. The highest BCUT2D eigenvalue weighted by molar-refractivity contribution is 7.99. The monoisotopic (exact) mass is 436 g/mol. The van der Waals surface area contributed by atoms with E-state index in [1.54, 1.807) is 6.92 Å². The van der Waals surface area contributed by atoms with E-state index in [0.29, 0.717) is 11.6 Å². The summed E-state index contributed by atoms with van der Waals surface area (Å²) in [5, 5.41) is 11.3. The molecular formula is C23H28N6OS. The second-order valence-corrected chi connectivity index (χ2v) is 9.08. The predicted octanol–water partition coefficient (Wildman–Crippen LogP) is 4.83. The predicted molar refractivity (Wildman–Crippen MR) is 124 cm³/mol. The lowest BCUT2D eigenvalue weighted by Gasteiger charge is -2.29. The molecule has 4 rings (SSSR count). The number of aromatic amines is 1. The molecule has 1 aliphatic rings. The molecule has 1 saturated heterocycles. The van der Waals surface area contributed by atoms with Gasteiger partial charge in [0.25, 0.3) is 0 Å². The molecule has 1 aliphatic heterocycles. The number of nitrogens with one attached hydrogen (secondary N) is 2. The van der Waals surface area contributed by atoms with Crippen molar-refractivity contribution in [3.05, 3.63) is 47.2 Å². The van der Waals surface area contributed by atoms with Gasteiger partial charge in [0.15, 0.2) is 11.0 Å². The van der Waals surface area contributed by atoms with E-state index in [0.717, 1.165) is 52.3 Å². The first-order chi connectivity index (χ1) is 15.0. The molecule has 1 aromatic carbocycles. The first kappa shape index (κ1) is 21.4. The Labute approximate surface area is 187 Å². The normalized spacial score (nSPS) is 14.0. The maximum absolute atomic E-state index is 11.4. The molecule has 0 saturated carbocycles. The fraction of sp³-hybridized carbons (Fsp3) is 0.391. The Bertz CT molecular complexity index is 1060. The Morgan fingerprint density at radius 3 is 2.52 bits per heavy atom. The Kier molecular flexibility index (Phi) is 6.56. The maximum atomic E-state index is 11.4. The topological polar surface area (TPSA) is 86.8 Å². The Balaban J connectivity index is 1.63. The van der Waals surface area contributed by atoms with Gasteiger partial charge in [-0.25, -0.2) is 9.97 Å². The number of ketones is 1. The van der Waals surface area contributed by atoms with Crippen molar-refractivity contribution in [3.8, 4) is 0 Å². The summed E-state index contributed by atoms with van der Waals surface area (Å²) < 4.78 is 0. The molecule has 0 aliphatic carbocycles. The number of H-pyrrole nitrogens is 1. The summed E-state index contributed by atoms with van der Waals surface area (Å²) in [5.41, 5.74) is 3.04. The van der Waals surface area contributed by atoms with E-state index >= 15 is 0 Å². The summed E-state index contributed by atoms with van der Waals surface area (Å²) in [5.74, 6) is 2.67. The first-order valence-electron chi connectivity index (χ1n) is 10.7. The van der Waals surface area contributed by atoms with Crippen LogP contribution in [-0.2, 0) is 11.2 Å². The maximum Gasteiger partial charge on any atom is 0.196 e. The summed E-state index contributed by atoms with van der Waals surface area (Å²) in [4.78, 5) is 24.5. The van der Waals surface area contributed by atoms with Gasteiger partial charge >= 0.3 is 0 Å². The minimum atomic E-state index is 0.165. The van der Waals surface area contributed by atoms with Gasteiger partial charge in [-0.05, 0) is 69.5 Å². The Hall–Kier alpha value is -2.87. The second-order valence-electron chi connectivity index (χ2n) is 8.04. The van der Waals surface area contributed by atoms with Crippen molar-refractivity contribution in [3.63, 3.8) is 0 Å². The van der Waals surface area contributed by atoms with Crippen LogP contribution in [0.5, 0.6) is 0 Å². The minimum absolute atomic E-state index is 0.165. The van der Waals surface area contributed by atoms with Crippen molar-refractivity contribution >= 4 is 35.0 Å². The fourth-order valence-electron chi connectivity index (χ4n) is 3.74. The molecule has 2 N–H and O–H groups in total. The van der Waals surface area contributed by atoms with Crippen molar-refractivity contribution in [2.24, 2.45) is 0 Å². The molecular weight excluding hydrogens is 408 g/mol. The van der Waals surface area contributed by atoms with Gasteiger partial charge in [0.2, 0.25) is 0 Å². The van der Waals surface area contributed by atoms with Gasteiger partial charge in [0.05, 0.1) is 0 Å². The number of nitrogens with zero attached hydrogens (tertiary/aromatic N) is 4. The number of aryl methyl sites for hydroxylation is 1. The van der Waals surface area contributed by atoms with E-state index in [-0.39, 0.29) is 5.78 Å². The molecule has 8 heteroatoms. The fourth-order valence-corrected chi connectivity index (χ4v) is 4.49. The molecule has 2 aromatic heterocycles. The largest absolute Gasteiger partial charge is 0.356 e. The zero-order valence-electron chi connectivity index (χ0n) is 18.2. The van der Waals surface area contributed by atoms with Crippen LogP contribution in [0.2, 0.25) is 0 Å². The molecule has 0 radical (unpaired) electrons. The van der Waals surface area contributed by atoms with Crippen molar-refractivity contribution in [2.75, 3.05) is 23.3 Å². The number of hydrogen-bond donors (Lipinski definition) is 2. The third-order valence-corrected chi connectivity index (χ3v) is 6.17. The Morgan fingerprint density at radius 1 is 1.13 bits per heavy atom. The van der Waals surface area contributed by atoms with Crippen LogP contribution in [0, 0.1) is 13.8 Å². The van der Waals surface area contributed by atoms with Gasteiger partial charge in [-0.15, -0.1) is 0 Å². The van der Waals surface area contributed by atoms with Gasteiger partial charge < -0.3 is 10.2 Å². The van der Waals surface area contributed by atoms with Gasteiger partial charge in [0, 0.05) is 41.7 Å². The molecule has 7 nitrogen and oxygen atoms in total. The van der Waals surface area contributed by atoms with E-state index in [4.69, 9.17) is 9.97 Å². The number of rotatable bonds is 7. The quantitative estimate of drug-likeness (QED) is 0.513. The molecule has 1 fully saturated rings. The van der Waals surface area contributed by atoms with Crippen LogP contribution in [0.1, 0.15) is 43.0 Å². The molecule has 0 atom stereocenters. The number of carbonyl (C=O) groups excluding carboxylic acids is 1. The van der Waals surface area contributed by atoms with Crippen LogP contribution in [-0.4, -0.2) is 39.0 Å². The number of Topliss-reactive ketones (excluding diaryl/α,β-unsaturated/α-hetero) is 1. The molecule has 31 heavy (non-hydrogen) atoms. The number of carbonyl (C=O) groups is 1. The van der Waals surface area contributed by atoms with Gasteiger partial charge in [-0.1, -0.05) is 12.1 Å². The lowest BCUT2D eigenvalue weighted by atomic mass is 10.1. The van der Waals surface area contributed by atoms with Crippen molar-refractivity contribution in [1.82, 2.24) is 20.2 Å². The number of hydrogen-bond acceptors (Lipinski definition) is 7. The molecule has 0 spiro atoms. The zero-order valence-corrected chi connectivity index (χ0v) is 19.1. The summed E-state index contributed by atoms with van der Waals surface area (Å²) in [6.07, 6.45) is 4.10. The van der Waals surface area contributed by atoms with E-state index in [9.17, 15) is 4.79 Å². The van der Waals surface area contributed by atoms with Gasteiger partial charge in [-0.3, -0.25) is 9.89 Å². The van der Waals surface area contributed by atoms with Crippen LogP contribution >= 0.6 is 11.8 Å². The smallest absolute Gasteiger partial charge is 0.196 e. The van der Waals surface area contributed by atoms with E-state index in [1.807, 2.05) is 37.3 Å². The van der Waals surface area contributed by atoms with Crippen LogP contribution in [0.25, 0.3) is 0 Å². The molecule has 3 aromatic rings. The van der Waals surface area contributed by atoms with Gasteiger partial charge in [0.1, 0.15) is 17.4 Å². The van der Waals surface area contributed by atoms with E-state index in [1.165, 1.54) is 31.0 Å². The standard InChI is InChI=1S/C23H28N6OS/c1-15-13-20(28-27-15)24-21-17(3)22(29-11-5-4-6-12-29)26-23(25-21)31-19-9-7-18(8-10-19)14-16(2)30/h7-10,13H,4-6,11-12,14H2,1-3H3,(H2,24,25,26,27,28). The van der Waals surface area contributed by atoms with Crippen molar-refractivity contribution in [2.45, 2.75) is 56.5 Å². The van der Waals surface area contributed by atoms with E-state index < -0.39 is 0 Å². The summed E-state index contributed by atoms with van der Waals surface area (Å²) in [6.45, 7) is 7.68. The average Bonchev–Trinajstić information content (AvgIpc) is 3.16. The molecule has 3 heterocycles. The van der Waals surface area contributed by atoms with Crippen LogP contribution in [0.15, 0.2) is 40.4 Å². The number of piperidine rings is 1. The van der Waals surface area contributed by atoms with Crippen LogP contribution in [0.4, 0.5) is 17.5 Å². The molecule has 0 unspecified atom stereocenters. The number of aromatic nitrogens is 4. The van der Waals surface area contributed by atoms with Crippen LogP contribution < -0.4 is 10.2 Å². The highest BCUT2D eigenvalue weighted by Gasteiger charge is 2.20. The Morgan fingerprint density at radius 2 is 1.87 bits per heavy atom. The minimum Gasteiger partial charge on any atom is -0.356 e. The zero-order chi connectivity index (χ0) is 21.8. The van der Waals surface area contributed by atoms with Gasteiger partial charge in [-0.2, -0.15) is 5.10 Å². The second kappa shape index (κ2) is 9.51. The van der Waals surface area contributed by atoms with E-state index in [2.05, 4.69) is 27.3 Å².